The first-order chi connectivity index (χ1) is 13.9. The smallest absolute Gasteiger partial charge is 0.315 e. The minimum Gasteiger partial charge on any atom is -0.357 e. The molecule has 2 heterocycles. The van der Waals surface area contributed by atoms with Crippen LogP contribution in [0.2, 0.25) is 0 Å². The molecule has 0 radical (unpaired) electrons. The van der Waals surface area contributed by atoms with Crippen LogP contribution in [-0.4, -0.2) is 50.9 Å². The summed E-state index contributed by atoms with van der Waals surface area (Å²) in [4.78, 5) is 19.1. The van der Waals surface area contributed by atoms with Crippen molar-refractivity contribution in [1.82, 2.24) is 19.9 Å². The fourth-order valence-electron chi connectivity index (χ4n) is 3.17. The number of nitrogens with one attached hydrogen (secondary N) is 2. The molecule has 0 aliphatic carbocycles. The highest BCUT2D eigenvalue weighted by Gasteiger charge is 2.20. The third kappa shape index (κ3) is 5.24. The van der Waals surface area contributed by atoms with Crippen molar-refractivity contribution in [2.45, 2.75) is 30.8 Å². The van der Waals surface area contributed by atoms with E-state index in [1.807, 2.05) is 12.1 Å². The molecule has 0 atom stereocenters. The maximum absolute atomic E-state index is 12.4. The molecule has 0 spiro atoms. The van der Waals surface area contributed by atoms with Crippen molar-refractivity contribution >= 4 is 21.9 Å². The number of aromatic nitrogens is 1. The number of pyridine rings is 1. The number of carbonyl (C=O) groups excluding carboxylic acids is 1. The number of rotatable bonds is 7. The molecule has 2 amide bonds. The Kier molecular flexibility index (Phi) is 6.71. The first-order valence-corrected chi connectivity index (χ1v) is 11.0. The van der Waals surface area contributed by atoms with Crippen LogP contribution in [0.5, 0.6) is 0 Å². The van der Waals surface area contributed by atoms with Gasteiger partial charge in [-0.1, -0.05) is 24.3 Å². The number of nitrogens with zero attached hydrogens (tertiary/aromatic N) is 3. The van der Waals surface area contributed by atoms with Gasteiger partial charge in [-0.05, 0) is 36.1 Å². The van der Waals surface area contributed by atoms with Gasteiger partial charge in [0.25, 0.3) is 0 Å². The topological polar surface area (TPSA) is 94.6 Å². The summed E-state index contributed by atoms with van der Waals surface area (Å²) in [6.07, 6.45) is 4.17. The summed E-state index contributed by atoms with van der Waals surface area (Å²) in [6, 6.07) is 10.2. The first kappa shape index (κ1) is 21.1. The standard InChI is InChI=1S/C20H27N5O3S/c1-24(2)29(27,28)18-8-4-3-7-17(18)15-23-20(26)22-14-16-9-10-19(21-13-16)25-11-5-6-12-25/h3-4,7-10,13H,5-6,11-12,14-15H2,1-2H3,(H2,22,23,26). The van der Waals surface area contributed by atoms with E-state index in [1.165, 1.54) is 33.0 Å². The lowest BCUT2D eigenvalue weighted by molar-refractivity contribution is 0.240. The third-order valence-electron chi connectivity index (χ3n) is 4.86. The summed E-state index contributed by atoms with van der Waals surface area (Å²) in [5.41, 5.74) is 1.44. The molecule has 1 aromatic carbocycles. The van der Waals surface area contributed by atoms with Gasteiger partial charge in [0.2, 0.25) is 10.0 Å². The van der Waals surface area contributed by atoms with Gasteiger partial charge in [0.15, 0.2) is 0 Å². The normalized spacial score (nSPS) is 14.2. The van der Waals surface area contributed by atoms with Gasteiger partial charge in [0, 0.05) is 46.5 Å². The van der Waals surface area contributed by atoms with Crippen molar-refractivity contribution in [1.29, 1.82) is 0 Å². The number of anilines is 1. The molecule has 29 heavy (non-hydrogen) atoms. The first-order valence-electron chi connectivity index (χ1n) is 9.60. The maximum Gasteiger partial charge on any atom is 0.315 e. The predicted molar refractivity (Wildman–Crippen MR) is 112 cm³/mol. The monoisotopic (exact) mass is 417 g/mol. The van der Waals surface area contributed by atoms with E-state index in [9.17, 15) is 13.2 Å². The molecule has 1 saturated heterocycles. The lowest BCUT2D eigenvalue weighted by Crippen LogP contribution is -2.35. The van der Waals surface area contributed by atoms with Gasteiger partial charge < -0.3 is 15.5 Å². The Balaban J connectivity index is 1.53. The van der Waals surface area contributed by atoms with Crippen molar-refractivity contribution in [3.63, 3.8) is 0 Å². The van der Waals surface area contributed by atoms with Crippen LogP contribution in [0.1, 0.15) is 24.0 Å². The number of benzene rings is 1. The Morgan fingerprint density at radius 2 is 1.76 bits per heavy atom. The number of hydrogen-bond donors (Lipinski definition) is 2. The van der Waals surface area contributed by atoms with Crippen LogP contribution in [0.3, 0.4) is 0 Å². The summed E-state index contributed by atoms with van der Waals surface area (Å²) in [5, 5.41) is 5.49. The summed E-state index contributed by atoms with van der Waals surface area (Å²) in [5.74, 6) is 0.967. The van der Waals surface area contributed by atoms with E-state index in [4.69, 9.17) is 0 Å². The highest BCUT2D eigenvalue weighted by Crippen LogP contribution is 2.19. The number of hydrogen-bond acceptors (Lipinski definition) is 5. The molecule has 0 bridgehead atoms. The van der Waals surface area contributed by atoms with Gasteiger partial charge >= 0.3 is 6.03 Å². The molecule has 1 fully saturated rings. The van der Waals surface area contributed by atoms with Crippen LogP contribution < -0.4 is 15.5 Å². The minimum atomic E-state index is -3.57. The molecule has 3 rings (SSSR count). The van der Waals surface area contributed by atoms with Crippen molar-refractivity contribution < 1.29 is 13.2 Å². The van der Waals surface area contributed by atoms with Gasteiger partial charge in [0.1, 0.15) is 5.82 Å². The number of sulfonamides is 1. The molecule has 1 aliphatic heterocycles. The molecule has 8 nitrogen and oxygen atoms in total. The Bertz CT molecular complexity index is 939. The fourth-order valence-corrected chi connectivity index (χ4v) is 4.29. The average Bonchev–Trinajstić information content (AvgIpc) is 3.26. The second-order valence-corrected chi connectivity index (χ2v) is 9.27. The van der Waals surface area contributed by atoms with E-state index in [0.29, 0.717) is 12.1 Å². The van der Waals surface area contributed by atoms with Crippen LogP contribution in [0.25, 0.3) is 0 Å². The molecule has 2 N–H and O–H groups in total. The van der Waals surface area contributed by atoms with Gasteiger partial charge in [-0.15, -0.1) is 0 Å². The van der Waals surface area contributed by atoms with E-state index in [0.717, 1.165) is 28.8 Å². The number of urea groups is 1. The minimum absolute atomic E-state index is 0.112. The largest absolute Gasteiger partial charge is 0.357 e. The number of amides is 2. The van der Waals surface area contributed by atoms with Crippen LogP contribution in [-0.2, 0) is 23.1 Å². The SMILES string of the molecule is CN(C)S(=O)(=O)c1ccccc1CNC(=O)NCc1ccc(N2CCCC2)nc1. The molecule has 1 aliphatic rings. The lowest BCUT2D eigenvalue weighted by Gasteiger charge is -2.16. The Labute approximate surface area is 172 Å². The van der Waals surface area contributed by atoms with E-state index >= 15 is 0 Å². The van der Waals surface area contributed by atoms with Crippen molar-refractivity contribution in [3.05, 3.63) is 53.7 Å². The Morgan fingerprint density at radius 3 is 2.41 bits per heavy atom. The summed E-state index contributed by atoms with van der Waals surface area (Å²) >= 11 is 0. The summed E-state index contributed by atoms with van der Waals surface area (Å²) in [6.45, 7) is 2.54. The van der Waals surface area contributed by atoms with Gasteiger partial charge in [-0.25, -0.2) is 22.5 Å². The molecule has 156 valence electrons. The van der Waals surface area contributed by atoms with Crippen molar-refractivity contribution in [2.24, 2.45) is 0 Å². The molecule has 0 saturated carbocycles. The quantitative estimate of drug-likeness (QED) is 0.718. The Hall–Kier alpha value is -2.65. The summed E-state index contributed by atoms with van der Waals surface area (Å²) < 4.78 is 26.0. The average molecular weight is 418 g/mol. The van der Waals surface area contributed by atoms with Crippen molar-refractivity contribution in [2.75, 3.05) is 32.1 Å². The molecule has 9 heteroatoms. The molecular weight excluding hydrogens is 390 g/mol. The van der Waals surface area contributed by atoms with E-state index in [2.05, 4.69) is 20.5 Å². The second kappa shape index (κ2) is 9.23. The predicted octanol–water partition coefficient (Wildman–Crippen LogP) is 1.93. The van der Waals surface area contributed by atoms with Gasteiger partial charge in [-0.2, -0.15) is 0 Å². The van der Waals surface area contributed by atoms with E-state index in [-0.39, 0.29) is 17.5 Å². The highest BCUT2D eigenvalue weighted by molar-refractivity contribution is 7.89. The number of carbonyl (C=O) groups is 1. The maximum atomic E-state index is 12.4. The second-order valence-electron chi connectivity index (χ2n) is 7.15. The van der Waals surface area contributed by atoms with E-state index < -0.39 is 10.0 Å². The zero-order chi connectivity index (χ0) is 20.9. The van der Waals surface area contributed by atoms with Crippen LogP contribution in [0.15, 0.2) is 47.5 Å². The zero-order valence-corrected chi connectivity index (χ0v) is 17.6. The summed E-state index contributed by atoms with van der Waals surface area (Å²) in [7, 11) is -0.610. The van der Waals surface area contributed by atoms with Crippen LogP contribution in [0.4, 0.5) is 10.6 Å². The Morgan fingerprint density at radius 1 is 1.07 bits per heavy atom. The third-order valence-corrected chi connectivity index (χ3v) is 6.78. The van der Waals surface area contributed by atoms with Crippen molar-refractivity contribution in [3.8, 4) is 0 Å². The molecule has 1 aromatic heterocycles. The fraction of sp³-hybridized carbons (Fsp3) is 0.400. The zero-order valence-electron chi connectivity index (χ0n) is 16.8. The van der Waals surface area contributed by atoms with Gasteiger partial charge in [-0.3, -0.25) is 0 Å². The van der Waals surface area contributed by atoms with E-state index in [1.54, 1.807) is 24.4 Å². The molecule has 2 aromatic rings. The lowest BCUT2D eigenvalue weighted by atomic mass is 10.2. The van der Waals surface area contributed by atoms with Gasteiger partial charge in [0.05, 0.1) is 4.90 Å². The van der Waals surface area contributed by atoms with Crippen LogP contribution >= 0.6 is 0 Å². The van der Waals surface area contributed by atoms with Crippen LogP contribution in [0, 0.1) is 0 Å². The molecular formula is C20H27N5O3S. The molecule has 0 unspecified atom stereocenters. The highest BCUT2D eigenvalue weighted by atomic mass is 32.2.